The Kier molecular flexibility index (Phi) is 46.8. The number of ether oxygens (including phenoxy) is 3. The van der Waals surface area contributed by atoms with Crippen molar-refractivity contribution < 1.29 is 23.8 Å². The van der Waals surface area contributed by atoms with Gasteiger partial charge in [-0.1, -0.05) is 238 Å². The average Bonchev–Trinajstić information content (AvgIpc) is 3.20. The van der Waals surface area contributed by atoms with Crippen LogP contribution in [-0.4, -0.2) is 37.9 Å². The maximum Gasteiger partial charge on any atom is 0.306 e. The quantitative estimate of drug-likeness (QED) is 0.0349. The summed E-state index contributed by atoms with van der Waals surface area (Å²) >= 11 is 0. The van der Waals surface area contributed by atoms with Crippen molar-refractivity contribution in [2.24, 2.45) is 0 Å². The van der Waals surface area contributed by atoms with Crippen molar-refractivity contribution in [3.05, 3.63) is 12.2 Å². The van der Waals surface area contributed by atoms with Gasteiger partial charge in [0.05, 0.1) is 6.61 Å². The first kappa shape index (κ1) is 54.6. The fraction of sp³-hybridized carbons (Fsp3) is 0.922. The standard InChI is InChI=1S/C51H98O5/c1-4-7-10-13-16-19-22-23-24-25-26-27-28-29-31-32-35-38-41-44-50(52)55-48-49(47-54-46-43-40-37-34-21-18-15-12-9-6-3)56-51(53)45-42-39-36-33-30-20-17-14-11-8-5-2/h14,17,49H,4-13,15-16,18-48H2,1-3H3/b17-14-. The van der Waals surface area contributed by atoms with E-state index in [9.17, 15) is 9.59 Å². The van der Waals surface area contributed by atoms with Crippen LogP contribution >= 0.6 is 0 Å². The summed E-state index contributed by atoms with van der Waals surface area (Å²) in [6.07, 6.45) is 53.6. The molecule has 0 aromatic rings. The van der Waals surface area contributed by atoms with Crippen molar-refractivity contribution in [3.63, 3.8) is 0 Å². The average molecular weight is 791 g/mol. The van der Waals surface area contributed by atoms with Crippen LogP contribution in [0.5, 0.6) is 0 Å². The SMILES string of the molecule is CCCC/C=C\CCCCCCCC(=O)OC(COCCCCCCCCCCCC)COC(=O)CCCCCCCCCCCCCCCCCCCCC. The van der Waals surface area contributed by atoms with E-state index in [1.165, 1.54) is 199 Å². The van der Waals surface area contributed by atoms with Gasteiger partial charge in [-0.25, -0.2) is 0 Å². The summed E-state index contributed by atoms with van der Waals surface area (Å²) in [6, 6.07) is 0. The van der Waals surface area contributed by atoms with Crippen LogP contribution in [0.1, 0.15) is 278 Å². The normalized spacial score (nSPS) is 12.1. The molecule has 332 valence electrons. The maximum absolute atomic E-state index is 12.7. The summed E-state index contributed by atoms with van der Waals surface area (Å²) in [7, 11) is 0. The first-order chi connectivity index (χ1) is 27.6. The van der Waals surface area contributed by atoms with Crippen LogP contribution in [0.2, 0.25) is 0 Å². The van der Waals surface area contributed by atoms with Gasteiger partial charge in [-0.3, -0.25) is 9.59 Å². The molecular formula is C51H98O5. The highest BCUT2D eigenvalue weighted by molar-refractivity contribution is 5.70. The van der Waals surface area contributed by atoms with Gasteiger partial charge in [0.25, 0.3) is 0 Å². The number of rotatable bonds is 47. The first-order valence-electron chi connectivity index (χ1n) is 25.2. The number of hydrogen-bond acceptors (Lipinski definition) is 5. The molecule has 0 aromatic carbocycles. The van der Waals surface area contributed by atoms with E-state index < -0.39 is 6.10 Å². The molecule has 0 saturated heterocycles. The monoisotopic (exact) mass is 791 g/mol. The summed E-state index contributed by atoms with van der Waals surface area (Å²) in [5.41, 5.74) is 0. The number of carbonyl (C=O) groups is 2. The zero-order valence-electron chi connectivity index (χ0n) is 38.2. The van der Waals surface area contributed by atoms with E-state index in [1.54, 1.807) is 0 Å². The summed E-state index contributed by atoms with van der Waals surface area (Å²) in [5.74, 6) is -0.390. The van der Waals surface area contributed by atoms with Gasteiger partial charge >= 0.3 is 11.9 Å². The third kappa shape index (κ3) is 45.3. The Balaban J connectivity index is 4.10. The van der Waals surface area contributed by atoms with Crippen molar-refractivity contribution in [1.82, 2.24) is 0 Å². The molecule has 1 atom stereocenters. The smallest absolute Gasteiger partial charge is 0.306 e. The Morgan fingerprint density at radius 2 is 0.714 bits per heavy atom. The second kappa shape index (κ2) is 48.0. The third-order valence-corrected chi connectivity index (χ3v) is 11.3. The summed E-state index contributed by atoms with van der Waals surface area (Å²) < 4.78 is 17.3. The van der Waals surface area contributed by atoms with Crippen molar-refractivity contribution >= 4 is 11.9 Å². The molecule has 0 spiro atoms. The van der Waals surface area contributed by atoms with Crippen LogP contribution in [0.4, 0.5) is 0 Å². The fourth-order valence-electron chi connectivity index (χ4n) is 7.49. The molecule has 1 unspecified atom stereocenters. The van der Waals surface area contributed by atoms with E-state index in [1.807, 2.05) is 0 Å². The lowest BCUT2D eigenvalue weighted by Gasteiger charge is -2.18. The molecule has 0 radical (unpaired) electrons. The highest BCUT2D eigenvalue weighted by Gasteiger charge is 2.17. The fourth-order valence-corrected chi connectivity index (χ4v) is 7.49. The number of hydrogen-bond donors (Lipinski definition) is 0. The molecular weight excluding hydrogens is 693 g/mol. The van der Waals surface area contributed by atoms with Crippen LogP contribution in [0, 0.1) is 0 Å². The van der Waals surface area contributed by atoms with E-state index in [0.717, 1.165) is 44.9 Å². The van der Waals surface area contributed by atoms with E-state index in [0.29, 0.717) is 26.1 Å². The van der Waals surface area contributed by atoms with Gasteiger partial charge in [0.1, 0.15) is 6.61 Å². The van der Waals surface area contributed by atoms with Crippen molar-refractivity contribution in [2.45, 2.75) is 284 Å². The summed E-state index contributed by atoms with van der Waals surface area (Å²) in [4.78, 5) is 25.3. The lowest BCUT2D eigenvalue weighted by atomic mass is 10.0. The molecule has 5 nitrogen and oxygen atoms in total. The Labute approximate surface area is 350 Å². The lowest BCUT2D eigenvalue weighted by Crippen LogP contribution is -2.30. The second-order valence-electron chi connectivity index (χ2n) is 17.1. The molecule has 0 aliphatic rings. The molecule has 0 aliphatic heterocycles. The minimum Gasteiger partial charge on any atom is -0.462 e. The molecule has 0 aliphatic carbocycles. The Bertz CT molecular complexity index is 810. The zero-order valence-corrected chi connectivity index (χ0v) is 38.2. The molecule has 0 amide bonds. The molecule has 0 heterocycles. The number of unbranched alkanes of at least 4 members (excludes halogenated alkanes) is 34. The minimum absolute atomic E-state index is 0.0908. The van der Waals surface area contributed by atoms with Crippen LogP contribution in [0.3, 0.4) is 0 Å². The van der Waals surface area contributed by atoms with Gasteiger partial charge in [0.2, 0.25) is 0 Å². The molecule has 0 N–H and O–H groups in total. The maximum atomic E-state index is 12.7. The van der Waals surface area contributed by atoms with E-state index in [4.69, 9.17) is 14.2 Å². The first-order valence-corrected chi connectivity index (χ1v) is 25.2. The molecule has 0 aromatic heterocycles. The highest BCUT2D eigenvalue weighted by Crippen LogP contribution is 2.16. The molecule has 0 fully saturated rings. The van der Waals surface area contributed by atoms with Crippen molar-refractivity contribution in [3.8, 4) is 0 Å². The van der Waals surface area contributed by atoms with Gasteiger partial charge < -0.3 is 14.2 Å². The van der Waals surface area contributed by atoms with Gasteiger partial charge in [0, 0.05) is 19.4 Å². The molecule has 0 saturated carbocycles. The van der Waals surface area contributed by atoms with Gasteiger partial charge in [-0.2, -0.15) is 0 Å². The predicted octanol–water partition coefficient (Wildman–Crippen LogP) is 16.7. The highest BCUT2D eigenvalue weighted by atomic mass is 16.6. The van der Waals surface area contributed by atoms with Crippen molar-refractivity contribution in [1.29, 1.82) is 0 Å². The Morgan fingerprint density at radius 3 is 1.14 bits per heavy atom. The molecule has 0 bridgehead atoms. The third-order valence-electron chi connectivity index (χ3n) is 11.3. The predicted molar refractivity (Wildman–Crippen MR) is 242 cm³/mol. The van der Waals surface area contributed by atoms with E-state index in [-0.39, 0.29) is 18.5 Å². The van der Waals surface area contributed by atoms with Gasteiger partial charge in [0.15, 0.2) is 6.10 Å². The lowest BCUT2D eigenvalue weighted by molar-refractivity contribution is -0.163. The minimum atomic E-state index is -0.529. The topological polar surface area (TPSA) is 61.8 Å². The molecule has 56 heavy (non-hydrogen) atoms. The van der Waals surface area contributed by atoms with Crippen LogP contribution in [0.15, 0.2) is 12.2 Å². The number of esters is 2. The Hall–Kier alpha value is -1.36. The molecule has 5 heteroatoms. The zero-order chi connectivity index (χ0) is 40.7. The Morgan fingerprint density at radius 1 is 0.375 bits per heavy atom. The number of carbonyl (C=O) groups excluding carboxylic acids is 2. The number of allylic oxidation sites excluding steroid dienone is 2. The van der Waals surface area contributed by atoms with Gasteiger partial charge in [-0.15, -0.1) is 0 Å². The van der Waals surface area contributed by atoms with Crippen molar-refractivity contribution in [2.75, 3.05) is 19.8 Å². The largest absolute Gasteiger partial charge is 0.462 e. The van der Waals surface area contributed by atoms with Crippen LogP contribution < -0.4 is 0 Å². The van der Waals surface area contributed by atoms with Gasteiger partial charge in [-0.05, 0) is 38.5 Å². The summed E-state index contributed by atoms with van der Waals surface area (Å²) in [5, 5.41) is 0. The van der Waals surface area contributed by atoms with E-state index in [2.05, 4.69) is 32.9 Å². The second-order valence-corrected chi connectivity index (χ2v) is 17.1. The summed E-state index contributed by atoms with van der Waals surface area (Å²) in [6.45, 7) is 7.83. The van der Waals surface area contributed by atoms with Crippen LogP contribution in [0.25, 0.3) is 0 Å². The van der Waals surface area contributed by atoms with Crippen LogP contribution in [-0.2, 0) is 23.8 Å². The molecule has 0 rings (SSSR count). The van der Waals surface area contributed by atoms with E-state index >= 15 is 0 Å².